The molecule has 3 unspecified atom stereocenters. The zero-order valence-corrected chi connectivity index (χ0v) is 13.9. The van der Waals surface area contributed by atoms with E-state index >= 15 is 0 Å². The molecule has 112 valence electrons. The van der Waals surface area contributed by atoms with Crippen molar-refractivity contribution in [3.05, 3.63) is 24.0 Å². The number of anilines is 1. The van der Waals surface area contributed by atoms with E-state index in [2.05, 4.69) is 66.8 Å². The summed E-state index contributed by atoms with van der Waals surface area (Å²) in [6.45, 7) is 12.2. The second-order valence-corrected chi connectivity index (χ2v) is 7.50. The van der Waals surface area contributed by atoms with Crippen molar-refractivity contribution in [1.82, 2.24) is 10.3 Å². The molecule has 3 nitrogen and oxygen atoms in total. The van der Waals surface area contributed by atoms with E-state index < -0.39 is 0 Å². The molecule has 1 aliphatic rings. The molecule has 1 aliphatic heterocycles. The van der Waals surface area contributed by atoms with Crippen LogP contribution < -0.4 is 10.2 Å². The molecule has 1 N–H and O–H groups in total. The van der Waals surface area contributed by atoms with Gasteiger partial charge in [0.1, 0.15) is 0 Å². The van der Waals surface area contributed by atoms with Gasteiger partial charge in [-0.25, -0.2) is 0 Å². The van der Waals surface area contributed by atoms with Crippen LogP contribution in [-0.4, -0.2) is 35.1 Å². The Morgan fingerprint density at radius 2 is 2.00 bits per heavy atom. The van der Waals surface area contributed by atoms with Crippen molar-refractivity contribution in [3.8, 4) is 0 Å². The van der Waals surface area contributed by atoms with Gasteiger partial charge in [-0.1, -0.05) is 27.7 Å². The predicted molar refractivity (Wildman–Crippen MR) is 89.7 cm³/mol. The molecule has 4 heteroatoms. The van der Waals surface area contributed by atoms with Crippen LogP contribution in [0.25, 0.3) is 0 Å². The normalized spacial score (nSPS) is 24.7. The zero-order chi connectivity index (χ0) is 14.5. The average Bonchev–Trinajstić information content (AvgIpc) is 2.44. The molecule has 3 atom stereocenters. The molecule has 1 fully saturated rings. The largest absolute Gasteiger partial charge is 0.368 e. The molecule has 0 bridgehead atoms. The Bertz CT molecular complexity index is 397. The van der Waals surface area contributed by atoms with Gasteiger partial charge in [0.25, 0.3) is 0 Å². The van der Waals surface area contributed by atoms with E-state index in [-0.39, 0.29) is 0 Å². The molecule has 1 saturated heterocycles. The van der Waals surface area contributed by atoms with Crippen LogP contribution in [0.2, 0.25) is 0 Å². The smallest absolute Gasteiger partial charge is 0.0574 e. The fourth-order valence-corrected chi connectivity index (χ4v) is 4.21. The number of aromatic nitrogens is 1. The lowest BCUT2D eigenvalue weighted by Crippen LogP contribution is -2.40. The highest BCUT2D eigenvalue weighted by Crippen LogP contribution is 2.28. The molecule has 0 radical (unpaired) electrons. The molecule has 0 amide bonds. The highest BCUT2D eigenvalue weighted by molar-refractivity contribution is 8.00. The molecule has 20 heavy (non-hydrogen) atoms. The van der Waals surface area contributed by atoms with Gasteiger partial charge in [0.05, 0.1) is 17.6 Å². The number of rotatable bonds is 5. The van der Waals surface area contributed by atoms with E-state index in [4.69, 9.17) is 0 Å². The maximum absolute atomic E-state index is 4.68. The van der Waals surface area contributed by atoms with Crippen molar-refractivity contribution in [3.63, 3.8) is 0 Å². The van der Waals surface area contributed by atoms with E-state index in [0.717, 1.165) is 31.7 Å². The second kappa shape index (κ2) is 7.32. The van der Waals surface area contributed by atoms with Crippen molar-refractivity contribution < 1.29 is 0 Å². The van der Waals surface area contributed by atoms with Gasteiger partial charge in [0.2, 0.25) is 0 Å². The fraction of sp³-hybridized carbons (Fsp3) is 0.688. The Balaban J connectivity index is 2.07. The zero-order valence-electron chi connectivity index (χ0n) is 13.1. The molecule has 2 heterocycles. The molecular formula is C16H27N3S. The Labute approximate surface area is 127 Å². The third kappa shape index (κ3) is 3.89. The Morgan fingerprint density at radius 1 is 1.30 bits per heavy atom. The van der Waals surface area contributed by atoms with Crippen molar-refractivity contribution in [2.75, 3.05) is 24.5 Å². The third-order valence-electron chi connectivity index (χ3n) is 3.77. The summed E-state index contributed by atoms with van der Waals surface area (Å²) in [6.07, 6.45) is 3.12. The van der Waals surface area contributed by atoms with E-state index in [1.165, 1.54) is 5.69 Å². The van der Waals surface area contributed by atoms with Gasteiger partial charge in [-0.05, 0) is 25.1 Å². The molecule has 0 aromatic carbocycles. The van der Waals surface area contributed by atoms with E-state index in [0.29, 0.717) is 16.5 Å². The molecule has 0 saturated carbocycles. The maximum Gasteiger partial charge on any atom is 0.0574 e. The minimum Gasteiger partial charge on any atom is -0.368 e. The first-order valence-corrected chi connectivity index (χ1v) is 8.68. The number of nitrogens with one attached hydrogen (secondary N) is 1. The summed E-state index contributed by atoms with van der Waals surface area (Å²) >= 11 is 2.09. The van der Waals surface area contributed by atoms with Crippen molar-refractivity contribution in [1.29, 1.82) is 0 Å². The standard InChI is InChI=1S/C16H27N3S/c1-5-15(17-6-2)16-8-7-14(9-18-16)19-10-12(3)20-13(4)11-19/h7-9,12-13,15,17H,5-6,10-11H2,1-4H3. The molecular weight excluding hydrogens is 266 g/mol. The van der Waals surface area contributed by atoms with Crippen LogP contribution in [-0.2, 0) is 0 Å². The SMILES string of the molecule is CCNC(CC)c1ccc(N2CC(C)SC(C)C2)cn1. The first-order valence-electron chi connectivity index (χ1n) is 7.73. The lowest BCUT2D eigenvalue weighted by molar-refractivity contribution is 0.524. The van der Waals surface area contributed by atoms with Gasteiger partial charge in [0.15, 0.2) is 0 Å². The highest BCUT2D eigenvalue weighted by Gasteiger charge is 2.22. The van der Waals surface area contributed by atoms with Gasteiger partial charge in [-0.3, -0.25) is 4.98 Å². The van der Waals surface area contributed by atoms with E-state index in [1.54, 1.807) is 0 Å². The fourth-order valence-electron chi connectivity index (χ4n) is 2.88. The van der Waals surface area contributed by atoms with Crippen molar-refractivity contribution >= 4 is 17.4 Å². The molecule has 0 aliphatic carbocycles. The summed E-state index contributed by atoms with van der Waals surface area (Å²) in [5.74, 6) is 0. The molecule has 1 aromatic heterocycles. The number of hydrogen-bond donors (Lipinski definition) is 1. The Kier molecular flexibility index (Phi) is 5.73. The number of thioether (sulfide) groups is 1. The topological polar surface area (TPSA) is 28.2 Å². The summed E-state index contributed by atoms with van der Waals surface area (Å²) < 4.78 is 0. The van der Waals surface area contributed by atoms with Crippen molar-refractivity contribution in [2.24, 2.45) is 0 Å². The maximum atomic E-state index is 4.68. The second-order valence-electron chi connectivity index (χ2n) is 5.62. The number of nitrogens with zero attached hydrogens (tertiary/aromatic N) is 2. The number of hydrogen-bond acceptors (Lipinski definition) is 4. The van der Waals surface area contributed by atoms with Gasteiger partial charge in [-0.2, -0.15) is 11.8 Å². The lowest BCUT2D eigenvalue weighted by Gasteiger charge is -2.36. The lowest BCUT2D eigenvalue weighted by atomic mass is 10.1. The first-order chi connectivity index (χ1) is 9.63. The molecule has 0 spiro atoms. The van der Waals surface area contributed by atoms with Gasteiger partial charge < -0.3 is 10.2 Å². The van der Waals surface area contributed by atoms with Crippen LogP contribution in [0.1, 0.15) is 45.9 Å². The monoisotopic (exact) mass is 293 g/mol. The summed E-state index contributed by atoms with van der Waals surface area (Å²) in [5, 5.41) is 4.88. The highest BCUT2D eigenvalue weighted by atomic mass is 32.2. The predicted octanol–water partition coefficient (Wildman–Crippen LogP) is 3.47. The molecule has 2 rings (SSSR count). The van der Waals surface area contributed by atoms with E-state index in [9.17, 15) is 0 Å². The third-order valence-corrected chi connectivity index (χ3v) is 5.00. The average molecular weight is 293 g/mol. The minimum atomic E-state index is 0.379. The quantitative estimate of drug-likeness (QED) is 0.900. The van der Waals surface area contributed by atoms with Gasteiger partial charge in [-0.15, -0.1) is 0 Å². The van der Waals surface area contributed by atoms with Gasteiger partial charge >= 0.3 is 0 Å². The summed E-state index contributed by atoms with van der Waals surface area (Å²) in [7, 11) is 0. The summed E-state index contributed by atoms with van der Waals surface area (Å²) in [4.78, 5) is 7.15. The van der Waals surface area contributed by atoms with Crippen LogP contribution in [0.4, 0.5) is 5.69 Å². The van der Waals surface area contributed by atoms with Crippen molar-refractivity contribution in [2.45, 2.75) is 50.7 Å². The Morgan fingerprint density at radius 3 is 2.50 bits per heavy atom. The van der Waals surface area contributed by atoms with Crippen LogP contribution in [0.5, 0.6) is 0 Å². The van der Waals surface area contributed by atoms with Crippen LogP contribution in [0.3, 0.4) is 0 Å². The minimum absolute atomic E-state index is 0.379. The summed E-state index contributed by atoms with van der Waals surface area (Å²) in [5.41, 5.74) is 2.42. The van der Waals surface area contributed by atoms with E-state index in [1.807, 2.05) is 6.20 Å². The summed E-state index contributed by atoms with van der Waals surface area (Å²) in [6, 6.07) is 4.80. The van der Waals surface area contributed by atoms with Crippen LogP contribution in [0.15, 0.2) is 18.3 Å². The Hall–Kier alpha value is -0.740. The van der Waals surface area contributed by atoms with Crippen LogP contribution >= 0.6 is 11.8 Å². The first kappa shape index (κ1) is 15.6. The van der Waals surface area contributed by atoms with Gasteiger partial charge in [0, 0.05) is 29.6 Å². The number of pyridine rings is 1. The molecule has 1 aromatic rings. The van der Waals surface area contributed by atoms with Crippen LogP contribution in [0, 0.1) is 0 Å².